The fourth-order valence-corrected chi connectivity index (χ4v) is 2.38. The van der Waals surface area contributed by atoms with Crippen molar-refractivity contribution in [3.63, 3.8) is 0 Å². The molecule has 0 aliphatic carbocycles. The topological polar surface area (TPSA) is 62.7 Å². The zero-order chi connectivity index (χ0) is 11.0. The summed E-state index contributed by atoms with van der Waals surface area (Å²) in [7, 11) is 1.68. The second-order valence-electron chi connectivity index (χ2n) is 3.47. The minimum atomic E-state index is -0.959. The number of carboxylic acids is 1. The molecule has 0 unspecified atom stereocenters. The Labute approximate surface area is 91.3 Å². The van der Waals surface area contributed by atoms with E-state index in [-0.39, 0.29) is 11.8 Å². The molecule has 1 saturated heterocycles. The standard InChI is InChI=1S/C9H12N2O3S/c1-5-7(8(12)13)10-9(15-5)11-3-6(4-11)14-2/h6H,3-4H2,1-2H3,(H,12,13). The van der Waals surface area contributed by atoms with Gasteiger partial charge in [-0.3, -0.25) is 0 Å². The lowest BCUT2D eigenvalue weighted by molar-refractivity contribution is 0.0690. The number of nitrogens with zero attached hydrogens (tertiary/aromatic N) is 2. The Morgan fingerprint density at radius 3 is 2.80 bits per heavy atom. The maximum atomic E-state index is 10.8. The number of methoxy groups -OCH3 is 1. The van der Waals surface area contributed by atoms with Gasteiger partial charge in [-0.05, 0) is 6.92 Å². The Morgan fingerprint density at radius 1 is 1.67 bits per heavy atom. The summed E-state index contributed by atoms with van der Waals surface area (Å²) in [5.74, 6) is -0.959. The summed E-state index contributed by atoms with van der Waals surface area (Å²) in [5, 5.41) is 9.63. The Kier molecular flexibility index (Phi) is 2.62. The van der Waals surface area contributed by atoms with Crippen molar-refractivity contribution in [2.45, 2.75) is 13.0 Å². The number of aromatic nitrogens is 1. The fraction of sp³-hybridized carbons (Fsp3) is 0.556. The number of aryl methyl sites for hydroxylation is 1. The van der Waals surface area contributed by atoms with Gasteiger partial charge in [0.1, 0.15) is 0 Å². The van der Waals surface area contributed by atoms with Crippen LogP contribution in [0, 0.1) is 6.92 Å². The molecule has 15 heavy (non-hydrogen) atoms. The van der Waals surface area contributed by atoms with Crippen LogP contribution >= 0.6 is 11.3 Å². The van der Waals surface area contributed by atoms with Gasteiger partial charge in [-0.1, -0.05) is 0 Å². The predicted molar refractivity (Wildman–Crippen MR) is 56.8 cm³/mol. The van der Waals surface area contributed by atoms with Gasteiger partial charge >= 0.3 is 5.97 Å². The number of hydrogen-bond donors (Lipinski definition) is 1. The monoisotopic (exact) mass is 228 g/mol. The molecular weight excluding hydrogens is 216 g/mol. The minimum absolute atomic E-state index is 0.163. The molecule has 1 N–H and O–H groups in total. The lowest BCUT2D eigenvalue weighted by atomic mass is 10.2. The maximum absolute atomic E-state index is 10.8. The lowest BCUT2D eigenvalue weighted by Gasteiger charge is -2.37. The van der Waals surface area contributed by atoms with E-state index in [4.69, 9.17) is 9.84 Å². The number of carboxylic acid groups (broad SMARTS) is 1. The number of aromatic carboxylic acids is 1. The second kappa shape index (κ2) is 3.79. The molecule has 5 nitrogen and oxygen atoms in total. The van der Waals surface area contributed by atoms with Crippen LogP contribution in [0.4, 0.5) is 5.13 Å². The first-order chi connectivity index (χ1) is 7.11. The Hall–Kier alpha value is -1.14. The van der Waals surface area contributed by atoms with Gasteiger partial charge in [0.25, 0.3) is 0 Å². The summed E-state index contributed by atoms with van der Waals surface area (Å²) < 4.78 is 5.14. The van der Waals surface area contributed by atoms with E-state index in [1.165, 1.54) is 11.3 Å². The Morgan fingerprint density at radius 2 is 2.33 bits per heavy atom. The highest BCUT2D eigenvalue weighted by Crippen LogP contribution is 2.29. The van der Waals surface area contributed by atoms with Crippen molar-refractivity contribution in [2.24, 2.45) is 0 Å². The highest BCUT2D eigenvalue weighted by molar-refractivity contribution is 7.15. The third kappa shape index (κ3) is 1.82. The zero-order valence-electron chi connectivity index (χ0n) is 8.56. The Balaban J connectivity index is 2.11. The maximum Gasteiger partial charge on any atom is 0.355 e. The smallest absolute Gasteiger partial charge is 0.355 e. The second-order valence-corrected chi connectivity index (χ2v) is 4.65. The van der Waals surface area contributed by atoms with Gasteiger partial charge in [-0.2, -0.15) is 0 Å². The molecule has 2 rings (SSSR count). The summed E-state index contributed by atoms with van der Waals surface area (Å²) in [6.45, 7) is 3.36. The number of rotatable bonds is 3. The number of carbonyl (C=O) groups is 1. The zero-order valence-corrected chi connectivity index (χ0v) is 9.37. The van der Waals surface area contributed by atoms with Gasteiger partial charge in [0, 0.05) is 25.1 Å². The van der Waals surface area contributed by atoms with Crippen LogP contribution in [0.3, 0.4) is 0 Å². The minimum Gasteiger partial charge on any atom is -0.476 e. The van der Waals surface area contributed by atoms with Crippen molar-refractivity contribution in [3.05, 3.63) is 10.6 Å². The van der Waals surface area contributed by atoms with E-state index in [1.807, 2.05) is 4.90 Å². The van der Waals surface area contributed by atoms with Crippen LogP contribution in [0.1, 0.15) is 15.4 Å². The third-order valence-corrected chi connectivity index (χ3v) is 3.47. The average molecular weight is 228 g/mol. The van der Waals surface area contributed by atoms with Crippen LogP contribution in [-0.4, -0.2) is 42.4 Å². The average Bonchev–Trinajstić information content (AvgIpc) is 2.45. The molecule has 6 heteroatoms. The molecule has 1 aliphatic heterocycles. The molecule has 2 heterocycles. The van der Waals surface area contributed by atoms with Crippen molar-refractivity contribution in [1.29, 1.82) is 0 Å². The molecule has 82 valence electrons. The summed E-state index contributed by atoms with van der Waals surface area (Å²) in [6, 6.07) is 0. The molecule has 0 radical (unpaired) electrons. The van der Waals surface area contributed by atoms with Crippen molar-refractivity contribution in [3.8, 4) is 0 Å². The van der Waals surface area contributed by atoms with Gasteiger partial charge < -0.3 is 14.7 Å². The SMILES string of the molecule is COC1CN(c2nc(C(=O)O)c(C)s2)C1. The highest BCUT2D eigenvalue weighted by atomic mass is 32.1. The van der Waals surface area contributed by atoms with Crippen LogP contribution < -0.4 is 4.90 Å². The fourth-order valence-electron chi connectivity index (χ4n) is 1.46. The van der Waals surface area contributed by atoms with E-state index in [2.05, 4.69) is 4.98 Å². The van der Waals surface area contributed by atoms with Crippen molar-refractivity contribution in [1.82, 2.24) is 4.98 Å². The van der Waals surface area contributed by atoms with Gasteiger partial charge in [-0.25, -0.2) is 9.78 Å². The lowest BCUT2D eigenvalue weighted by Crippen LogP contribution is -2.51. The van der Waals surface area contributed by atoms with Crippen LogP contribution in [0.15, 0.2) is 0 Å². The van der Waals surface area contributed by atoms with E-state index in [0.29, 0.717) is 0 Å². The first-order valence-electron chi connectivity index (χ1n) is 4.60. The molecule has 0 atom stereocenters. The van der Waals surface area contributed by atoms with Crippen LogP contribution in [0.5, 0.6) is 0 Å². The van der Waals surface area contributed by atoms with Gasteiger partial charge in [0.05, 0.1) is 6.10 Å². The molecule has 0 spiro atoms. The van der Waals surface area contributed by atoms with Gasteiger partial charge in [0.2, 0.25) is 0 Å². The summed E-state index contributed by atoms with van der Waals surface area (Å²) in [6.07, 6.45) is 0.252. The summed E-state index contributed by atoms with van der Waals surface area (Å²) in [5.41, 5.74) is 0.163. The number of thiazole rings is 1. The molecule has 1 aromatic rings. The van der Waals surface area contributed by atoms with Crippen LogP contribution in [0.2, 0.25) is 0 Å². The molecule has 0 amide bonds. The van der Waals surface area contributed by atoms with E-state index in [1.54, 1.807) is 14.0 Å². The van der Waals surface area contributed by atoms with Crippen LogP contribution in [-0.2, 0) is 4.74 Å². The van der Waals surface area contributed by atoms with E-state index in [0.717, 1.165) is 23.1 Å². The largest absolute Gasteiger partial charge is 0.476 e. The Bertz CT molecular complexity index is 385. The molecule has 0 aromatic carbocycles. The van der Waals surface area contributed by atoms with Crippen molar-refractivity contribution >= 4 is 22.4 Å². The predicted octanol–water partition coefficient (Wildman–Crippen LogP) is 0.985. The number of hydrogen-bond acceptors (Lipinski definition) is 5. The quantitative estimate of drug-likeness (QED) is 0.835. The molecule has 0 saturated carbocycles. The number of anilines is 1. The molecule has 1 aromatic heterocycles. The van der Waals surface area contributed by atoms with Gasteiger partial charge in [0.15, 0.2) is 10.8 Å². The van der Waals surface area contributed by atoms with Crippen molar-refractivity contribution in [2.75, 3.05) is 25.1 Å². The van der Waals surface area contributed by atoms with E-state index < -0.39 is 5.97 Å². The van der Waals surface area contributed by atoms with Crippen molar-refractivity contribution < 1.29 is 14.6 Å². The van der Waals surface area contributed by atoms with E-state index >= 15 is 0 Å². The molecule has 0 bridgehead atoms. The van der Waals surface area contributed by atoms with Gasteiger partial charge in [-0.15, -0.1) is 11.3 Å². The third-order valence-electron chi connectivity index (χ3n) is 2.44. The molecule has 1 aliphatic rings. The first kappa shape index (κ1) is 10.4. The first-order valence-corrected chi connectivity index (χ1v) is 5.42. The highest BCUT2D eigenvalue weighted by Gasteiger charge is 2.29. The summed E-state index contributed by atoms with van der Waals surface area (Å²) in [4.78, 5) is 17.6. The molecular formula is C9H12N2O3S. The molecule has 1 fully saturated rings. The summed E-state index contributed by atoms with van der Waals surface area (Å²) >= 11 is 1.42. The number of ether oxygens (including phenoxy) is 1. The van der Waals surface area contributed by atoms with E-state index in [9.17, 15) is 4.79 Å². The van der Waals surface area contributed by atoms with Crippen LogP contribution in [0.25, 0.3) is 0 Å². The normalized spacial score (nSPS) is 16.5.